The van der Waals surface area contributed by atoms with Gasteiger partial charge in [-0.1, -0.05) is 0 Å². The molecule has 2 aromatic rings. The second kappa shape index (κ2) is 5.09. The summed E-state index contributed by atoms with van der Waals surface area (Å²) in [7, 11) is 3.16. The van der Waals surface area contributed by atoms with Gasteiger partial charge in [-0.2, -0.15) is 0 Å². The average Bonchev–Trinajstić information content (AvgIpc) is 2.40. The third kappa shape index (κ3) is 2.19. The Morgan fingerprint density at radius 2 is 1.19 bits per heavy atom. The molecule has 0 aliphatic carbocycles. The summed E-state index contributed by atoms with van der Waals surface area (Å²) in [5.74, 6) is 0. The SMILES string of the molecule is CC[PH](P)(c1ccccc1)c1ccccc1. The van der Waals surface area contributed by atoms with Crippen LogP contribution in [0.3, 0.4) is 0 Å². The maximum atomic E-state index is 3.16. The van der Waals surface area contributed by atoms with Crippen molar-refractivity contribution in [2.75, 3.05) is 6.16 Å². The molecule has 2 aromatic carbocycles. The van der Waals surface area contributed by atoms with Gasteiger partial charge in [-0.15, -0.1) is 0 Å². The second-order valence-corrected chi connectivity index (χ2v) is 10.8. The Labute approximate surface area is 101 Å². The van der Waals surface area contributed by atoms with Gasteiger partial charge in [0.25, 0.3) is 0 Å². The number of rotatable bonds is 3. The van der Waals surface area contributed by atoms with E-state index in [0.717, 1.165) is 0 Å². The summed E-state index contributed by atoms with van der Waals surface area (Å²) in [5, 5.41) is 2.99. The zero-order chi connectivity index (χ0) is 11.4. The first-order valence-corrected chi connectivity index (χ1v) is 9.69. The van der Waals surface area contributed by atoms with E-state index < -0.39 is 6.95 Å². The third-order valence-corrected chi connectivity index (χ3v) is 10.2. The summed E-state index contributed by atoms with van der Waals surface area (Å²) in [4.78, 5) is 0. The van der Waals surface area contributed by atoms with Crippen molar-refractivity contribution >= 4 is 26.5 Å². The van der Waals surface area contributed by atoms with Gasteiger partial charge in [0.15, 0.2) is 0 Å². The Morgan fingerprint density at radius 3 is 1.50 bits per heavy atom. The zero-order valence-electron chi connectivity index (χ0n) is 9.56. The van der Waals surface area contributed by atoms with E-state index in [1.807, 2.05) is 0 Å². The van der Waals surface area contributed by atoms with Gasteiger partial charge >= 0.3 is 100 Å². The molecule has 0 radical (unpaired) electrons. The van der Waals surface area contributed by atoms with Gasteiger partial charge in [-0.3, -0.25) is 0 Å². The van der Waals surface area contributed by atoms with Gasteiger partial charge in [-0.25, -0.2) is 0 Å². The second-order valence-electron chi connectivity index (χ2n) is 4.06. The molecule has 0 fully saturated rings. The Morgan fingerprint density at radius 1 is 0.812 bits per heavy atom. The fourth-order valence-corrected chi connectivity index (χ4v) is 5.93. The maximum absolute atomic E-state index is 3.16. The van der Waals surface area contributed by atoms with Crippen molar-refractivity contribution in [3.8, 4) is 0 Å². The molecule has 2 heteroatoms. The van der Waals surface area contributed by atoms with E-state index >= 15 is 0 Å². The molecule has 2 rings (SSSR count). The summed E-state index contributed by atoms with van der Waals surface area (Å²) in [6.07, 6.45) is 1.21. The number of hydrogen-bond acceptors (Lipinski definition) is 0. The van der Waals surface area contributed by atoms with Crippen molar-refractivity contribution in [2.24, 2.45) is 0 Å². The van der Waals surface area contributed by atoms with E-state index in [2.05, 4.69) is 76.5 Å². The van der Waals surface area contributed by atoms with Crippen LogP contribution in [0.15, 0.2) is 60.7 Å². The van der Waals surface area contributed by atoms with E-state index in [9.17, 15) is 0 Å². The number of hydrogen-bond donors (Lipinski definition) is 0. The first-order chi connectivity index (χ1) is 7.77. The van der Waals surface area contributed by atoms with Crippen molar-refractivity contribution in [3.63, 3.8) is 0 Å². The van der Waals surface area contributed by atoms with Crippen molar-refractivity contribution in [1.29, 1.82) is 0 Å². The van der Waals surface area contributed by atoms with E-state index in [1.54, 1.807) is 0 Å². The molecule has 84 valence electrons. The first-order valence-electron chi connectivity index (χ1n) is 5.67. The molecule has 0 aliphatic heterocycles. The van der Waals surface area contributed by atoms with E-state index in [-0.39, 0.29) is 0 Å². The van der Waals surface area contributed by atoms with E-state index in [1.165, 1.54) is 16.8 Å². The minimum absolute atomic E-state index is 1.21. The van der Waals surface area contributed by atoms with E-state index in [0.29, 0.717) is 0 Å². The average molecular weight is 248 g/mol. The van der Waals surface area contributed by atoms with Crippen LogP contribution in [0, 0.1) is 0 Å². The van der Waals surface area contributed by atoms with Gasteiger partial charge in [0.1, 0.15) is 0 Å². The van der Waals surface area contributed by atoms with Gasteiger partial charge in [0, 0.05) is 0 Å². The molecule has 0 spiro atoms. The standard InChI is InChI=1S/C14H18P2/c1-2-16(15,13-9-5-3-6-10-13)14-11-7-4-8-12-14/h3-12,16H,2,15H2,1H3. The summed E-state index contributed by atoms with van der Waals surface area (Å²) < 4.78 is 0. The predicted molar refractivity (Wildman–Crippen MR) is 80.7 cm³/mol. The fourth-order valence-electron chi connectivity index (χ4n) is 2.05. The molecule has 0 heterocycles. The molecule has 0 nitrogen and oxygen atoms in total. The Hall–Kier alpha value is -0.700. The molecule has 0 saturated heterocycles. The van der Waals surface area contributed by atoms with Crippen molar-refractivity contribution < 1.29 is 0 Å². The molecular weight excluding hydrogens is 230 g/mol. The summed E-state index contributed by atoms with van der Waals surface area (Å²) in [5.41, 5.74) is 0. The Bertz CT molecular complexity index is 397. The fraction of sp³-hybridized carbons (Fsp3) is 0.143. The quantitative estimate of drug-likeness (QED) is 0.732. The third-order valence-electron chi connectivity index (χ3n) is 3.14. The summed E-state index contributed by atoms with van der Waals surface area (Å²) in [6.45, 7) is 0.732. The molecule has 0 bridgehead atoms. The molecule has 0 amide bonds. The van der Waals surface area contributed by atoms with Crippen LogP contribution in [-0.2, 0) is 0 Å². The summed E-state index contributed by atoms with van der Waals surface area (Å²) in [6, 6.07) is 21.8. The molecule has 0 aliphatic rings. The Balaban J connectivity index is 2.49. The molecule has 1 atom stereocenters. The van der Waals surface area contributed by atoms with Gasteiger partial charge < -0.3 is 0 Å². The molecule has 0 N–H and O–H groups in total. The molecule has 0 saturated carbocycles. The van der Waals surface area contributed by atoms with Crippen LogP contribution in [0.4, 0.5) is 0 Å². The van der Waals surface area contributed by atoms with Gasteiger partial charge in [0.05, 0.1) is 0 Å². The van der Waals surface area contributed by atoms with Gasteiger partial charge in [0.2, 0.25) is 0 Å². The number of benzene rings is 2. The van der Waals surface area contributed by atoms with Crippen LogP contribution >= 0.6 is 15.9 Å². The van der Waals surface area contributed by atoms with Crippen LogP contribution in [0.25, 0.3) is 0 Å². The van der Waals surface area contributed by atoms with Crippen LogP contribution in [0.5, 0.6) is 0 Å². The van der Waals surface area contributed by atoms with E-state index in [4.69, 9.17) is 0 Å². The zero-order valence-corrected chi connectivity index (χ0v) is 11.7. The van der Waals surface area contributed by atoms with Crippen molar-refractivity contribution in [1.82, 2.24) is 0 Å². The molecule has 0 aromatic heterocycles. The predicted octanol–water partition coefficient (Wildman–Crippen LogP) is 3.20. The monoisotopic (exact) mass is 248 g/mol. The first kappa shape index (κ1) is 11.8. The van der Waals surface area contributed by atoms with Crippen molar-refractivity contribution in [3.05, 3.63) is 60.7 Å². The van der Waals surface area contributed by atoms with Gasteiger partial charge in [-0.05, 0) is 0 Å². The minimum atomic E-state index is -1.56. The Kier molecular flexibility index (Phi) is 3.74. The normalized spacial score (nSPS) is 12.4. The summed E-state index contributed by atoms with van der Waals surface area (Å²) >= 11 is 0. The topological polar surface area (TPSA) is 0 Å². The molecular formula is C14H18P2. The van der Waals surface area contributed by atoms with Crippen LogP contribution < -0.4 is 10.6 Å². The molecule has 16 heavy (non-hydrogen) atoms. The van der Waals surface area contributed by atoms with Crippen LogP contribution in [0.1, 0.15) is 6.92 Å². The van der Waals surface area contributed by atoms with Crippen LogP contribution in [-0.4, -0.2) is 6.16 Å². The molecule has 1 unspecified atom stereocenters. The van der Waals surface area contributed by atoms with Crippen molar-refractivity contribution in [2.45, 2.75) is 6.92 Å². The van der Waals surface area contributed by atoms with Crippen LogP contribution in [0.2, 0.25) is 0 Å².